The van der Waals surface area contributed by atoms with Crippen LogP contribution in [0, 0.1) is 0 Å². The number of amides is 6. The second kappa shape index (κ2) is 20.9. The highest BCUT2D eigenvalue weighted by Crippen LogP contribution is 2.40. The lowest BCUT2D eigenvalue weighted by Crippen LogP contribution is -2.35. The van der Waals surface area contributed by atoms with Gasteiger partial charge >= 0.3 is 0 Å². The lowest BCUT2D eigenvalue weighted by atomic mass is 10.1. The van der Waals surface area contributed by atoms with Crippen LogP contribution in [0.3, 0.4) is 0 Å². The predicted octanol–water partition coefficient (Wildman–Crippen LogP) is 5.26. The molecule has 2 fully saturated rings. The Bertz CT molecular complexity index is 3020. The van der Waals surface area contributed by atoms with Crippen LogP contribution in [-0.4, -0.2) is 136 Å². The molecule has 2 saturated heterocycles. The van der Waals surface area contributed by atoms with E-state index < -0.39 is 11.8 Å². The predicted molar refractivity (Wildman–Crippen MR) is 266 cm³/mol. The molecular formula is C50H56N12O10. The molecule has 9 rings (SSSR count). The van der Waals surface area contributed by atoms with Gasteiger partial charge in [0.15, 0.2) is 28.8 Å². The second-order valence-corrected chi connectivity index (χ2v) is 17.9. The Morgan fingerprint density at radius 2 is 1.17 bits per heavy atom. The normalized spacial score (nSPS) is 16.5. The largest absolute Gasteiger partial charge is 0.493 e. The van der Waals surface area contributed by atoms with Crippen molar-refractivity contribution >= 4 is 76.4 Å². The van der Waals surface area contributed by atoms with Crippen LogP contribution >= 0.6 is 0 Å². The lowest BCUT2D eigenvalue weighted by Gasteiger charge is -2.20. The zero-order valence-electron chi connectivity index (χ0n) is 40.7. The quantitative estimate of drug-likeness (QED) is 0.0826. The Morgan fingerprint density at radius 3 is 1.74 bits per heavy atom. The van der Waals surface area contributed by atoms with E-state index in [0.29, 0.717) is 95.0 Å². The van der Waals surface area contributed by atoms with Crippen LogP contribution in [0.15, 0.2) is 65.0 Å². The van der Waals surface area contributed by atoms with Crippen molar-refractivity contribution in [3.63, 3.8) is 0 Å². The zero-order chi connectivity index (χ0) is 50.6. The molecule has 4 N–H and O–H groups in total. The van der Waals surface area contributed by atoms with Crippen molar-refractivity contribution in [2.75, 3.05) is 63.0 Å². The van der Waals surface area contributed by atoms with Crippen molar-refractivity contribution in [1.82, 2.24) is 33.8 Å². The number of benzene rings is 2. The molecule has 0 radical (unpaired) electrons. The molecule has 4 aliphatic heterocycles. The van der Waals surface area contributed by atoms with E-state index in [-0.39, 0.29) is 72.7 Å². The molecule has 2 aromatic carbocycles. The van der Waals surface area contributed by atoms with Gasteiger partial charge in [-0.05, 0) is 62.8 Å². The number of aryl methyl sites for hydroxylation is 3. The highest BCUT2D eigenvalue weighted by atomic mass is 16.5. The molecule has 22 nitrogen and oxygen atoms in total. The van der Waals surface area contributed by atoms with Gasteiger partial charge in [0.25, 0.3) is 29.5 Å². The van der Waals surface area contributed by atoms with Crippen molar-refractivity contribution in [2.45, 2.75) is 57.0 Å². The van der Waals surface area contributed by atoms with Gasteiger partial charge in [-0.25, -0.2) is 4.98 Å². The summed E-state index contributed by atoms with van der Waals surface area (Å²) in [4.78, 5) is 96.3. The van der Waals surface area contributed by atoms with E-state index in [0.717, 1.165) is 25.7 Å². The summed E-state index contributed by atoms with van der Waals surface area (Å²) in [5, 5.41) is 11.2. The molecule has 4 aliphatic rings. The zero-order valence-corrected chi connectivity index (χ0v) is 40.7. The minimum absolute atomic E-state index is 0.00164. The molecule has 2 atom stereocenters. The first kappa shape index (κ1) is 48.6. The Balaban J connectivity index is 0.717. The maximum Gasteiger partial charge on any atom is 0.291 e. The number of carbonyl (C=O) groups excluding carboxylic acids is 6. The van der Waals surface area contributed by atoms with E-state index in [9.17, 15) is 28.8 Å². The minimum atomic E-state index is -0.575. The molecule has 72 heavy (non-hydrogen) atoms. The Morgan fingerprint density at radius 1 is 0.625 bits per heavy atom. The third-order valence-corrected chi connectivity index (χ3v) is 12.9. The molecule has 1 unspecified atom stereocenters. The highest BCUT2D eigenvalue weighted by molar-refractivity contribution is 6.07. The number of aromatic nitrogens is 4. The first-order valence-corrected chi connectivity index (χ1v) is 23.7. The van der Waals surface area contributed by atoms with E-state index in [2.05, 4.69) is 36.2 Å². The number of aliphatic imine (C=N–C) groups is 2. The monoisotopic (exact) mass is 984 g/mol. The molecule has 3 aromatic heterocycles. The van der Waals surface area contributed by atoms with Crippen LogP contribution in [0.4, 0.5) is 28.6 Å². The highest BCUT2D eigenvalue weighted by Gasteiger charge is 2.34. The van der Waals surface area contributed by atoms with Crippen LogP contribution in [0.25, 0.3) is 0 Å². The smallest absolute Gasteiger partial charge is 0.291 e. The van der Waals surface area contributed by atoms with E-state index in [1.54, 1.807) is 73.0 Å². The standard InChI is InChI=1S/C50H56N12O10/c1-58-27-30(19-37(58)46(64)51-13-9-17-72-42-23-36-34(21-40(42)70-5)50(68)62-15-7-11-32(62)25-53-36)55-48(66)45-56-43(28-60(45)3)57-47(65)38-18-29(26-59(38)2)54-44(63)12-8-16-71-41-22-35-33(20-39(41)69-4)49(67)61-14-6-10-31(61)24-52-35/h18-28,31-32H,6-17H2,1-5H3,(H,51,64)(H,54,63)(H,55,66)(H,57,65)/t31?,32-/m0/s1. The van der Waals surface area contributed by atoms with Crippen molar-refractivity contribution in [3.05, 3.63) is 83.3 Å². The second-order valence-electron chi connectivity index (χ2n) is 17.9. The molecule has 22 heteroatoms. The Kier molecular flexibility index (Phi) is 14.1. The topological polar surface area (TPSA) is 246 Å². The van der Waals surface area contributed by atoms with Crippen LogP contribution in [0.2, 0.25) is 0 Å². The number of fused-ring (bicyclic) bond motifs is 4. The number of rotatable bonds is 18. The van der Waals surface area contributed by atoms with Crippen LogP contribution in [0.1, 0.15) is 97.3 Å². The van der Waals surface area contributed by atoms with Gasteiger partial charge in [-0.1, -0.05) is 0 Å². The first-order chi connectivity index (χ1) is 34.8. The van der Waals surface area contributed by atoms with Crippen molar-refractivity contribution < 1.29 is 47.7 Å². The fourth-order valence-electron chi connectivity index (χ4n) is 9.25. The van der Waals surface area contributed by atoms with Gasteiger partial charge in [-0.2, -0.15) is 0 Å². The molecule has 5 aromatic rings. The average molecular weight is 985 g/mol. The summed E-state index contributed by atoms with van der Waals surface area (Å²) in [6.45, 7) is 2.12. The minimum Gasteiger partial charge on any atom is -0.493 e. The maximum atomic E-state index is 13.4. The van der Waals surface area contributed by atoms with Gasteiger partial charge < -0.3 is 63.7 Å². The number of imidazole rings is 1. The molecule has 0 aliphatic carbocycles. The van der Waals surface area contributed by atoms with Gasteiger partial charge in [-0.3, -0.25) is 38.8 Å². The SMILES string of the molecule is COc1cc2c(cc1OCCCNC(=O)c1cc(NC(=O)c3nc(NC(=O)c4cc(NC(=O)CCCOc5cc6c(cc5OC)C(=O)N5CCCC5C=N6)cn4C)cn3C)cn1C)N=C[C@@H]1CCCN1C2=O. The summed E-state index contributed by atoms with van der Waals surface area (Å²) in [6, 6.07) is 9.75. The molecule has 0 bridgehead atoms. The van der Waals surface area contributed by atoms with E-state index in [1.807, 2.05) is 22.2 Å². The Hall–Kier alpha value is -8.43. The van der Waals surface area contributed by atoms with Crippen molar-refractivity contribution in [2.24, 2.45) is 31.1 Å². The number of nitrogens with zero attached hydrogens (tertiary/aromatic N) is 8. The molecular weight excluding hydrogens is 929 g/mol. The van der Waals surface area contributed by atoms with E-state index in [4.69, 9.17) is 18.9 Å². The van der Waals surface area contributed by atoms with Gasteiger partial charge in [0.05, 0.1) is 73.4 Å². The Labute approximate surface area is 414 Å². The van der Waals surface area contributed by atoms with Gasteiger partial charge in [-0.15, -0.1) is 0 Å². The third kappa shape index (κ3) is 10.2. The lowest BCUT2D eigenvalue weighted by molar-refractivity contribution is -0.116. The fourth-order valence-corrected chi connectivity index (χ4v) is 9.25. The van der Waals surface area contributed by atoms with Gasteiger partial charge in [0.1, 0.15) is 11.4 Å². The summed E-state index contributed by atoms with van der Waals surface area (Å²) < 4.78 is 27.6. The van der Waals surface area contributed by atoms with Gasteiger partial charge in [0.2, 0.25) is 11.7 Å². The summed E-state index contributed by atoms with van der Waals surface area (Å²) in [6.07, 6.45) is 12.9. The summed E-state index contributed by atoms with van der Waals surface area (Å²) in [7, 11) is 7.96. The number of carbonyl (C=O) groups is 6. The van der Waals surface area contributed by atoms with Crippen LogP contribution < -0.4 is 40.2 Å². The van der Waals surface area contributed by atoms with Gasteiger partial charge in [0, 0.05) is 90.4 Å². The number of ether oxygens (including phenoxy) is 4. The summed E-state index contributed by atoms with van der Waals surface area (Å²) in [5.74, 6) is -0.108. The van der Waals surface area contributed by atoms with Crippen LogP contribution in [0.5, 0.6) is 23.0 Å². The molecule has 0 spiro atoms. The van der Waals surface area contributed by atoms with Crippen molar-refractivity contribution in [1.29, 1.82) is 0 Å². The van der Waals surface area contributed by atoms with Crippen molar-refractivity contribution in [3.8, 4) is 23.0 Å². The first-order valence-electron chi connectivity index (χ1n) is 23.7. The summed E-state index contributed by atoms with van der Waals surface area (Å²) in [5.41, 5.74) is 3.25. The van der Waals surface area contributed by atoms with Crippen LogP contribution in [-0.2, 0) is 25.9 Å². The number of hydrogen-bond donors (Lipinski definition) is 4. The fraction of sp³-hybridized carbons (Fsp3) is 0.380. The van der Waals surface area contributed by atoms with E-state index >= 15 is 0 Å². The average Bonchev–Trinajstić information content (AvgIpc) is 4.21. The maximum absolute atomic E-state index is 13.4. The molecule has 376 valence electrons. The summed E-state index contributed by atoms with van der Waals surface area (Å²) >= 11 is 0. The third-order valence-electron chi connectivity index (χ3n) is 12.9. The molecule has 0 saturated carbocycles. The number of nitrogens with one attached hydrogen (secondary N) is 4. The molecule has 7 heterocycles. The van der Waals surface area contributed by atoms with E-state index in [1.165, 1.54) is 31.0 Å². The number of methoxy groups -OCH3 is 2. The number of anilines is 3. The number of hydrogen-bond acceptors (Lipinski definition) is 13. The molecule has 6 amide bonds.